The summed E-state index contributed by atoms with van der Waals surface area (Å²) >= 11 is 0. The summed E-state index contributed by atoms with van der Waals surface area (Å²) in [6, 6.07) is 10.5. The Kier molecular flexibility index (Phi) is 5.43. The van der Waals surface area contributed by atoms with Crippen LogP contribution in [0.5, 0.6) is 0 Å². The molecule has 0 aliphatic heterocycles. The normalized spacial score (nSPS) is 14.0. The van der Waals surface area contributed by atoms with Crippen LogP contribution in [0.3, 0.4) is 0 Å². The fourth-order valence-corrected chi connectivity index (χ4v) is 3.54. The van der Waals surface area contributed by atoms with Crippen LogP contribution in [0.15, 0.2) is 49.2 Å². The summed E-state index contributed by atoms with van der Waals surface area (Å²) < 4.78 is 6.48. The lowest BCUT2D eigenvalue weighted by Crippen LogP contribution is -2.41. The van der Waals surface area contributed by atoms with Gasteiger partial charge in [0.25, 0.3) is 0 Å². The van der Waals surface area contributed by atoms with Gasteiger partial charge in [0.1, 0.15) is 0 Å². The van der Waals surface area contributed by atoms with Crippen molar-refractivity contribution in [3.63, 3.8) is 0 Å². The molecule has 124 valence electrons. The lowest BCUT2D eigenvalue weighted by Gasteiger charge is -2.37. The Morgan fingerprint density at radius 1 is 1.22 bits per heavy atom. The molecular weight excluding hydrogens is 298 g/mol. The van der Waals surface area contributed by atoms with Crippen LogP contribution >= 0.6 is 0 Å². The lowest BCUT2D eigenvalue weighted by molar-refractivity contribution is 0.263. The molecule has 0 bridgehead atoms. The molecule has 0 saturated carbocycles. The Labute approximate surface area is 141 Å². The smallest absolute Gasteiger partial charge is 0.192 e. The maximum absolute atomic E-state index is 6.48. The van der Waals surface area contributed by atoms with Crippen molar-refractivity contribution < 1.29 is 4.43 Å². The SMILES string of the molecule is C=CC[C@H](CO[Si](C)(C)C(C)(C)C)c1ccnc2ccccc12. The molecule has 0 amide bonds. The predicted octanol–water partition coefficient (Wildman–Crippen LogP) is 5.92. The van der Waals surface area contributed by atoms with Crippen molar-refractivity contribution in [3.05, 3.63) is 54.7 Å². The highest BCUT2D eigenvalue weighted by Gasteiger charge is 2.37. The first kappa shape index (κ1) is 17.9. The van der Waals surface area contributed by atoms with Gasteiger partial charge in [0, 0.05) is 24.1 Å². The number of benzene rings is 1. The zero-order chi connectivity index (χ0) is 17.1. The van der Waals surface area contributed by atoms with Gasteiger partial charge in [-0.3, -0.25) is 4.98 Å². The second-order valence-corrected chi connectivity index (χ2v) is 12.5. The van der Waals surface area contributed by atoms with E-state index in [1.54, 1.807) is 0 Å². The molecule has 0 fully saturated rings. The first-order valence-electron chi connectivity index (χ1n) is 8.35. The monoisotopic (exact) mass is 327 g/mol. The second-order valence-electron chi connectivity index (χ2n) is 7.71. The van der Waals surface area contributed by atoms with E-state index in [0.29, 0.717) is 5.92 Å². The summed E-state index contributed by atoms with van der Waals surface area (Å²) in [5.41, 5.74) is 2.36. The molecule has 0 spiro atoms. The molecule has 23 heavy (non-hydrogen) atoms. The van der Waals surface area contributed by atoms with Crippen LogP contribution in [0, 0.1) is 0 Å². The summed E-state index contributed by atoms with van der Waals surface area (Å²) in [7, 11) is -1.75. The van der Waals surface area contributed by atoms with Gasteiger partial charge in [-0.25, -0.2) is 0 Å². The molecule has 0 aliphatic carbocycles. The van der Waals surface area contributed by atoms with Crippen LogP contribution < -0.4 is 0 Å². The first-order valence-corrected chi connectivity index (χ1v) is 11.3. The summed E-state index contributed by atoms with van der Waals surface area (Å²) in [5, 5.41) is 1.45. The summed E-state index contributed by atoms with van der Waals surface area (Å²) in [6.45, 7) is 16.1. The largest absolute Gasteiger partial charge is 0.416 e. The van der Waals surface area contributed by atoms with E-state index < -0.39 is 8.32 Å². The van der Waals surface area contributed by atoms with Gasteiger partial charge in [-0.05, 0) is 42.2 Å². The Hall–Kier alpha value is -1.45. The fourth-order valence-electron chi connectivity index (χ4n) is 2.49. The maximum Gasteiger partial charge on any atom is 0.192 e. The van der Waals surface area contributed by atoms with E-state index >= 15 is 0 Å². The van der Waals surface area contributed by atoms with Gasteiger partial charge in [-0.15, -0.1) is 6.58 Å². The summed E-state index contributed by atoms with van der Waals surface area (Å²) in [6.07, 6.45) is 4.82. The molecule has 0 N–H and O–H groups in total. The quantitative estimate of drug-likeness (QED) is 0.485. The zero-order valence-electron chi connectivity index (χ0n) is 15.1. The number of rotatable bonds is 6. The first-order chi connectivity index (χ1) is 10.8. The molecule has 2 nitrogen and oxygen atoms in total. The molecule has 0 radical (unpaired) electrons. The van der Waals surface area contributed by atoms with Crippen LogP contribution in [0.1, 0.15) is 38.7 Å². The van der Waals surface area contributed by atoms with E-state index in [2.05, 4.69) is 69.7 Å². The van der Waals surface area contributed by atoms with E-state index in [4.69, 9.17) is 4.43 Å². The standard InChI is InChI=1S/C20H29NOSi/c1-7-10-16(15-22-23(5,6)20(2,3)4)17-13-14-21-19-12-9-8-11-18(17)19/h7-9,11-14,16H,1,10,15H2,2-6H3/t16-/m1/s1. The third kappa shape index (κ3) is 4.09. The Balaban J connectivity index is 2.29. The third-order valence-corrected chi connectivity index (χ3v) is 9.53. The van der Waals surface area contributed by atoms with Crippen LogP contribution in [0.4, 0.5) is 0 Å². The van der Waals surface area contributed by atoms with E-state index in [-0.39, 0.29) is 5.04 Å². The van der Waals surface area contributed by atoms with Crippen molar-refractivity contribution in [2.75, 3.05) is 6.61 Å². The molecule has 0 unspecified atom stereocenters. The van der Waals surface area contributed by atoms with Crippen LogP contribution in [0.2, 0.25) is 18.1 Å². The molecule has 3 heteroatoms. The third-order valence-electron chi connectivity index (χ3n) is 5.03. The summed E-state index contributed by atoms with van der Waals surface area (Å²) in [4.78, 5) is 4.47. The average molecular weight is 328 g/mol. The highest BCUT2D eigenvalue weighted by molar-refractivity contribution is 6.74. The molecule has 1 atom stereocenters. The number of hydrogen-bond donors (Lipinski definition) is 0. The predicted molar refractivity (Wildman–Crippen MR) is 102 cm³/mol. The number of allylic oxidation sites excluding steroid dienone is 1. The molecule has 1 aromatic heterocycles. The molecule has 2 rings (SSSR count). The van der Waals surface area contributed by atoms with Gasteiger partial charge in [-0.2, -0.15) is 0 Å². The van der Waals surface area contributed by atoms with Crippen molar-refractivity contribution in [1.29, 1.82) is 0 Å². The van der Waals surface area contributed by atoms with Crippen molar-refractivity contribution in [3.8, 4) is 0 Å². The number of para-hydroxylation sites is 1. The van der Waals surface area contributed by atoms with Crippen molar-refractivity contribution in [1.82, 2.24) is 4.98 Å². The molecule has 2 aromatic rings. The minimum Gasteiger partial charge on any atom is -0.416 e. The molecule has 1 aromatic carbocycles. The van der Waals surface area contributed by atoms with E-state index in [0.717, 1.165) is 18.5 Å². The average Bonchev–Trinajstić information content (AvgIpc) is 2.50. The minimum absolute atomic E-state index is 0.228. The number of fused-ring (bicyclic) bond motifs is 1. The van der Waals surface area contributed by atoms with Crippen LogP contribution in [-0.2, 0) is 4.43 Å². The molecule has 0 aliphatic rings. The van der Waals surface area contributed by atoms with Gasteiger partial charge in [0.15, 0.2) is 8.32 Å². The number of hydrogen-bond acceptors (Lipinski definition) is 2. The van der Waals surface area contributed by atoms with Gasteiger partial charge in [0.2, 0.25) is 0 Å². The fraction of sp³-hybridized carbons (Fsp3) is 0.450. The van der Waals surface area contributed by atoms with Crippen molar-refractivity contribution in [2.24, 2.45) is 0 Å². The van der Waals surface area contributed by atoms with Crippen molar-refractivity contribution >= 4 is 19.2 Å². The summed E-state index contributed by atoms with van der Waals surface area (Å²) in [5.74, 6) is 0.328. The van der Waals surface area contributed by atoms with Crippen molar-refractivity contribution in [2.45, 2.75) is 51.2 Å². The maximum atomic E-state index is 6.48. The molecule has 0 saturated heterocycles. The van der Waals surface area contributed by atoms with E-state index in [1.165, 1.54) is 10.9 Å². The van der Waals surface area contributed by atoms with E-state index in [9.17, 15) is 0 Å². The number of nitrogens with zero attached hydrogens (tertiary/aromatic N) is 1. The highest BCUT2D eigenvalue weighted by Crippen LogP contribution is 2.38. The Bertz CT molecular complexity index is 667. The van der Waals surface area contributed by atoms with E-state index in [1.807, 2.05) is 18.3 Å². The van der Waals surface area contributed by atoms with Gasteiger partial charge in [-0.1, -0.05) is 45.0 Å². The van der Waals surface area contributed by atoms with Crippen LogP contribution in [0.25, 0.3) is 10.9 Å². The minimum atomic E-state index is -1.75. The highest BCUT2D eigenvalue weighted by atomic mass is 28.4. The van der Waals surface area contributed by atoms with Crippen LogP contribution in [-0.4, -0.2) is 19.9 Å². The Morgan fingerprint density at radius 2 is 1.91 bits per heavy atom. The number of pyridine rings is 1. The molecule has 1 heterocycles. The molecular formula is C20H29NOSi. The number of aromatic nitrogens is 1. The van der Waals surface area contributed by atoms with Gasteiger partial charge >= 0.3 is 0 Å². The second kappa shape index (κ2) is 6.98. The zero-order valence-corrected chi connectivity index (χ0v) is 16.1. The Morgan fingerprint density at radius 3 is 2.57 bits per heavy atom. The van der Waals surface area contributed by atoms with Gasteiger partial charge < -0.3 is 4.43 Å². The topological polar surface area (TPSA) is 22.1 Å². The lowest BCUT2D eigenvalue weighted by atomic mass is 9.93. The van der Waals surface area contributed by atoms with Gasteiger partial charge in [0.05, 0.1) is 5.52 Å².